The molecule has 0 aliphatic carbocycles. The van der Waals surface area contributed by atoms with Gasteiger partial charge in [0.25, 0.3) is 0 Å². The summed E-state index contributed by atoms with van der Waals surface area (Å²) >= 11 is 0. The van der Waals surface area contributed by atoms with Gasteiger partial charge in [0.15, 0.2) is 5.96 Å². The lowest BCUT2D eigenvalue weighted by molar-refractivity contribution is 0.192. The summed E-state index contributed by atoms with van der Waals surface area (Å²) in [5, 5.41) is 6.42. The molecule has 0 aliphatic heterocycles. The maximum absolute atomic E-state index is 11.2. The average Bonchev–Trinajstić information content (AvgIpc) is 2.40. The van der Waals surface area contributed by atoms with Crippen LogP contribution in [0.1, 0.15) is 39.5 Å². The summed E-state index contributed by atoms with van der Waals surface area (Å²) in [6, 6.07) is 0.0750. The first-order valence-corrected chi connectivity index (χ1v) is 9.66. The predicted octanol–water partition coefficient (Wildman–Crippen LogP) is 1.80. The topological polar surface area (TPSA) is 79.8 Å². The van der Waals surface area contributed by atoms with Gasteiger partial charge in [-0.2, -0.15) is 0 Å². The van der Waals surface area contributed by atoms with Crippen LogP contribution in [-0.4, -0.2) is 59.2 Å². The average molecular weight is 449 g/mol. The summed E-state index contributed by atoms with van der Waals surface area (Å²) in [5.41, 5.74) is 0. The highest BCUT2D eigenvalue weighted by molar-refractivity contribution is 14.0. The third-order valence-corrected chi connectivity index (χ3v) is 3.90. The summed E-state index contributed by atoms with van der Waals surface area (Å²) in [4.78, 5) is 4.50. The van der Waals surface area contributed by atoms with E-state index in [4.69, 9.17) is 4.74 Å². The second kappa shape index (κ2) is 14.5. The van der Waals surface area contributed by atoms with Crippen molar-refractivity contribution >= 4 is 39.8 Å². The normalized spacial score (nSPS) is 13.4. The number of ether oxygens (including phenoxy) is 1. The molecular weight excluding hydrogens is 417 g/mol. The van der Waals surface area contributed by atoms with Crippen molar-refractivity contribution in [2.75, 3.05) is 38.8 Å². The van der Waals surface area contributed by atoms with Gasteiger partial charge in [0, 0.05) is 39.1 Å². The number of sulfone groups is 1. The van der Waals surface area contributed by atoms with Gasteiger partial charge in [-0.3, -0.25) is 4.99 Å². The molecule has 0 aromatic heterocycles. The molecule has 6 nitrogen and oxygen atoms in total. The Bertz CT molecular complexity index is 389. The van der Waals surface area contributed by atoms with Crippen molar-refractivity contribution in [3.63, 3.8) is 0 Å². The quantitative estimate of drug-likeness (QED) is 0.218. The van der Waals surface area contributed by atoms with E-state index in [1.165, 1.54) is 6.26 Å². The van der Waals surface area contributed by atoms with Crippen LogP contribution in [0.25, 0.3) is 0 Å². The van der Waals surface area contributed by atoms with Crippen LogP contribution in [0.5, 0.6) is 0 Å². The van der Waals surface area contributed by atoms with E-state index in [0.717, 1.165) is 44.9 Å². The Balaban J connectivity index is 0. The molecule has 0 bridgehead atoms. The van der Waals surface area contributed by atoms with Crippen molar-refractivity contribution in [1.29, 1.82) is 0 Å². The van der Waals surface area contributed by atoms with Crippen molar-refractivity contribution in [2.45, 2.75) is 45.6 Å². The van der Waals surface area contributed by atoms with Gasteiger partial charge in [-0.25, -0.2) is 8.42 Å². The summed E-state index contributed by atoms with van der Waals surface area (Å²) in [6.07, 6.45) is 5.02. The standard InChI is InChI=1S/C14H31N3O3S.HI/c1-5-15-14(16-10-7-6-8-11-20-3)17-13(2)9-12-21(4,18)19;/h13H,5-12H2,1-4H3,(H2,15,16,17);1H. The Kier molecular flexibility index (Phi) is 15.9. The van der Waals surface area contributed by atoms with Gasteiger partial charge in [-0.15, -0.1) is 24.0 Å². The second-order valence-electron chi connectivity index (χ2n) is 5.28. The summed E-state index contributed by atoms with van der Waals surface area (Å²) in [6.45, 7) is 6.32. The van der Waals surface area contributed by atoms with Gasteiger partial charge in [0.1, 0.15) is 9.84 Å². The van der Waals surface area contributed by atoms with E-state index in [1.807, 2.05) is 13.8 Å². The molecule has 8 heteroatoms. The molecular formula is C14H32IN3O3S. The molecule has 0 spiro atoms. The van der Waals surface area contributed by atoms with Gasteiger partial charge >= 0.3 is 0 Å². The van der Waals surface area contributed by atoms with Crippen molar-refractivity contribution < 1.29 is 13.2 Å². The zero-order chi connectivity index (χ0) is 16.1. The molecule has 0 saturated heterocycles. The summed E-state index contributed by atoms with van der Waals surface area (Å²) in [5.74, 6) is 0.947. The largest absolute Gasteiger partial charge is 0.385 e. The minimum atomic E-state index is -2.91. The first kappa shape index (κ1) is 24.2. The lowest BCUT2D eigenvalue weighted by atomic mass is 10.2. The lowest BCUT2D eigenvalue weighted by Gasteiger charge is -2.17. The van der Waals surface area contributed by atoms with Gasteiger partial charge in [0.05, 0.1) is 5.75 Å². The zero-order valence-corrected chi connectivity index (χ0v) is 17.4. The number of methoxy groups -OCH3 is 1. The first-order chi connectivity index (χ1) is 9.89. The van der Waals surface area contributed by atoms with Crippen LogP contribution in [-0.2, 0) is 14.6 Å². The van der Waals surface area contributed by atoms with Gasteiger partial charge in [0.2, 0.25) is 0 Å². The first-order valence-electron chi connectivity index (χ1n) is 7.60. The van der Waals surface area contributed by atoms with Crippen LogP contribution in [0, 0.1) is 0 Å². The third-order valence-electron chi connectivity index (χ3n) is 2.93. The van der Waals surface area contributed by atoms with Crippen molar-refractivity contribution in [1.82, 2.24) is 10.6 Å². The molecule has 0 rings (SSSR count). The van der Waals surface area contributed by atoms with Crippen molar-refractivity contribution in [3.05, 3.63) is 0 Å². The molecule has 0 radical (unpaired) electrons. The lowest BCUT2D eigenvalue weighted by Crippen LogP contribution is -2.42. The minimum absolute atomic E-state index is 0. The number of unbranched alkanes of at least 4 members (excludes halogenated alkanes) is 2. The number of halogens is 1. The van der Waals surface area contributed by atoms with E-state index in [9.17, 15) is 8.42 Å². The molecule has 134 valence electrons. The highest BCUT2D eigenvalue weighted by Crippen LogP contribution is 1.97. The van der Waals surface area contributed by atoms with E-state index < -0.39 is 9.84 Å². The fourth-order valence-corrected chi connectivity index (χ4v) is 2.52. The van der Waals surface area contributed by atoms with E-state index in [1.54, 1.807) is 7.11 Å². The highest BCUT2D eigenvalue weighted by Gasteiger charge is 2.09. The maximum Gasteiger partial charge on any atom is 0.191 e. The maximum atomic E-state index is 11.2. The van der Waals surface area contributed by atoms with Crippen molar-refractivity contribution in [2.24, 2.45) is 4.99 Å². The Morgan fingerprint density at radius 3 is 2.50 bits per heavy atom. The van der Waals surface area contributed by atoms with E-state index >= 15 is 0 Å². The molecule has 0 amide bonds. The number of rotatable bonds is 11. The Hall–Kier alpha value is -0.0900. The summed E-state index contributed by atoms with van der Waals surface area (Å²) in [7, 11) is -1.20. The molecule has 22 heavy (non-hydrogen) atoms. The van der Waals surface area contributed by atoms with Gasteiger partial charge in [-0.1, -0.05) is 0 Å². The molecule has 0 aromatic rings. The third kappa shape index (κ3) is 16.3. The Morgan fingerprint density at radius 1 is 1.27 bits per heavy atom. The van der Waals surface area contributed by atoms with Crippen LogP contribution < -0.4 is 10.6 Å². The molecule has 1 atom stereocenters. The second-order valence-corrected chi connectivity index (χ2v) is 7.54. The number of hydrogen-bond donors (Lipinski definition) is 2. The Morgan fingerprint density at radius 2 is 1.95 bits per heavy atom. The van der Waals surface area contributed by atoms with Crippen LogP contribution >= 0.6 is 24.0 Å². The van der Waals surface area contributed by atoms with Gasteiger partial charge in [-0.05, 0) is 39.5 Å². The van der Waals surface area contributed by atoms with Crippen LogP contribution in [0.2, 0.25) is 0 Å². The number of nitrogens with one attached hydrogen (secondary N) is 2. The fourth-order valence-electron chi connectivity index (χ4n) is 1.74. The number of guanidine groups is 1. The smallest absolute Gasteiger partial charge is 0.191 e. The molecule has 2 N–H and O–H groups in total. The molecule has 0 aromatic carbocycles. The summed E-state index contributed by atoms with van der Waals surface area (Å²) < 4.78 is 27.3. The number of nitrogens with zero attached hydrogens (tertiary/aromatic N) is 1. The fraction of sp³-hybridized carbons (Fsp3) is 0.929. The van der Waals surface area contributed by atoms with E-state index in [-0.39, 0.29) is 35.8 Å². The zero-order valence-electron chi connectivity index (χ0n) is 14.2. The predicted molar refractivity (Wildman–Crippen MR) is 104 cm³/mol. The van der Waals surface area contributed by atoms with E-state index in [0.29, 0.717) is 6.42 Å². The van der Waals surface area contributed by atoms with E-state index in [2.05, 4.69) is 15.6 Å². The van der Waals surface area contributed by atoms with Crippen molar-refractivity contribution in [3.8, 4) is 0 Å². The monoisotopic (exact) mass is 449 g/mol. The van der Waals surface area contributed by atoms with Gasteiger partial charge < -0.3 is 15.4 Å². The van der Waals surface area contributed by atoms with Crippen LogP contribution in [0.15, 0.2) is 4.99 Å². The molecule has 1 unspecified atom stereocenters. The number of hydrogen-bond acceptors (Lipinski definition) is 4. The van der Waals surface area contributed by atoms with Crippen LogP contribution in [0.3, 0.4) is 0 Å². The molecule has 0 saturated carbocycles. The SMILES string of the molecule is CCNC(=NCCCCCOC)NC(C)CCS(C)(=O)=O.I. The molecule has 0 aliphatic rings. The van der Waals surface area contributed by atoms with Crippen LogP contribution in [0.4, 0.5) is 0 Å². The molecule has 0 fully saturated rings. The number of aliphatic imine (C=N–C) groups is 1. The highest BCUT2D eigenvalue weighted by atomic mass is 127. The molecule has 0 heterocycles. The minimum Gasteiger partial charge on any atom is -0.385 e. The Labute approximate surface area is 152 Å².